The Kier molecular flexibility index (Phi) is 6.65. The summed E-state index contributed by atoms with van der Waals surface area (Å²) in [5.41, 5.74) is -0.300. The first-order valence-corrected chi connectivity index (χ1v) is 15.4. The Bertz CT molecular complexity index is 1710. The normalized spacial score (nSPS) is 21.9. The summed E-state index contributed by atoms with van der Waals surface area (Å²) in [7, 11) is -8.80. The minimum absolute atomic E-state index is 0.0318. The fraction of sp³-hybridized carbons (Fsp3) is 0.346. The number of aliphatic hydroxyl groups excluding tert-OH is 1. The van der Waals surface area contributed by atoms with Gasteiger partial charge in [-0.15, -0.1) is 4.40 Å². The van der Waals surface area contributed by atoms with Crippen LogP contribution < -0.4 is 10.0 Å². The topological polar surface area (TPSA) is 172 Å². The number of hydrogen-bond acceptors (Lipinski definition) is 9. The van der Waals surface area contributed by atoms with E-state index in [2.05, 4.69) is 19.2 Å². The first-order valence-electron chi connectivity index (χ1n) is 12.6. The molecule has 2 aromatic rings. The molecule has 2 heterocycles. The first kappa shape index (κ1) is 27.6. The van der Waals surface area contributed by atoms with Gasteiger partial charge in [0.25, 0.3) is 10.0 Å². The number of amides is 1. The standard InChI is InChI=1S/C26H28N4O8S2/c1-15(2)10-11-26(3)18-7-5-4-6-17(18)22(31)21(23(26)32)24-27-19-9-8-16(14-20(19)39(34,35)29-24)28-40(36,37)30-12-13-38-25(30)33/h4-9,14-15,28,31H,10-13H2,1-3H3,(H,27,29). The molecule has 1 aliphatic carbocycles. The highest BCUT2D eigenvalue weighted by Gasteiger charge is 2.46. The fourth-order valence-corrected chi connectivity index (χ4v) is 7.24. The van der Waals surface area contributed by atoms with Crippen LogP contribution in [0.3, 0.4) is 0 Å². The second-order valence-electron chi connectivity index (χ2n) is 10.4. The Balaban J connectivity index is 1.53. The van der Waals surface area contributed by atoms with E-state index in [1.54, 1.807) is 31.2 Å². The van der Waals surface area contributed by atoms with E-state index in [1.165, 1.54) is 12.1 Å². The van der Waals surface area contributed by atoms with Crippen LogP contribution in [0.15, 0.2) is 57.3 Å². The molecule has 1 fully saturated rings. The van der Waals surface area contributed by atoms with Crippen molar-refractivity contribution in [3.8, 4) is 0 Å². The maximum atomic E-state index is 14.0. The van der Waals surface area contributed by atoms with E-state index in [-0.39, 0.29) is 46.6 Å². The number of Topliss-reactive ketones (excluding diaryl/α,β-unsaturated/α-hetero) is 1. The summed E-state index contributed by atoms with van der Waals surface area (Å²) in [6.07, 6.45) is 0.155. The molecule has 14 heteroatoms. The highest BCUT2D eigenvalue weighted by molar-refractivity contribution is 7.91. The highest BCUT2D eigenvalue weighted by atomic mass is 32.2. The van der Waals surface area contributed by atoms with Crippen LogP contribution in [0.1, 0.15) is 44.7 Å². The van der Waals surface area contributed by atoms with E-state index >= 15 is 0 Å². The van der Waals surface area contributed by atoms with E-state index in [0.717, 1.165) is 12.5 Å². The number of ether oxygens (including phenoxy) is 1. The number of sulfonamides is 1. The number of carbonyl (C=O) groups is 2. The predicted octanol–water partition coefficient (Wildman–Crippen LogP) is 3.55. The van der Waals surface area contributed by atoms with Gasteiger partial charge in [0.15, 0.2) is 11.6 Å². The lowest BCUT2D eigenvalue weighted by atomic mass is 9.66. The Labute approximate surface area is 232 Å². The lowest BCUT2D eigenvalue weighted by Gasteiger charge is -2.36. The van der Waals surface area contributed by atoms with Crippen molar-refractivity contribution >= 4 is 55.1 Å². The average molecular weight is 589 g/mol. The molecule has 0 aromatic heterocycles. The van der Waals surface area contributed by atoms with Crippen molar-refractivity contribution in [2.24, 2.45) is 10.3 Å². The number of nitrogens with zero attached hydrogens (tertiary/aromatic N) is 2. The Hall–Kier alpha value is -3.91. The van der Waals surface area contributed by atoms with Crippen LogP contribution in [-0.2, 0) is 35.2 Å². The number of ketones is 1. The van der Waals surface area contributed by atoms with E-state index in [4.69, 9.17) is 0 Å². The van der Waals surface area contributed by atoms with Gasteiger partial charge in [-0.05, 0) is 49.4 Å². The van der Waals surface area contributed by atoms with Gasteiger partial charge in [0.1, 0.15) is 22.8 Å². The van der Waals surface area contributed by atoms with Crippen LogP contribution in [-0.4, -0.2) is 57.1 Å². The fourth-order valence-electron chi connectivity index (χ4n) is 4.99. The predicted molar refractivity (Wildman–Crippen MR) is 148 cm³/mol. The van der Waals surface area contributed by atoms with Crippen LogP contribution in [0.2, 0.25) is 0 Å². The third-order valence-corrected chi connectivity index (χ3v) is 9.91. The van der Waals surface area contributed by atoms with Crippen LogP contribution in [0, 0.1) is 5.92 Å². The molecule has 0 spiro atoms. The van der Waals surface area contributed by atoms with Gasteiger partial charge in [0, 0.05) is 5.56 Å². The SMILES string of the molecule is CC(C)CCC1(C)C(=O)C(C2=NS(=O)(=O)c3cc(NS(=O)(=O)N4CCOC4=O)ccc3N2)=C(O)c2ccccc21. The minimum atomic E-state index is -4.45. The van der Waals surface area contributed by atoms with Crippen molar-refractivity contribution in [2.45, 2.75) is 43.9 Å². The molecule has 1 unspecified atom stereocenters. The van der Waals surface area contributed by atoms with Crippen molar-refractivity contribution < 1.29 is 36.3 Å². The van der Waals surface area contributed by atoms with Crippen LogP contribution in [0.4, 0.5) is 16.2 Å². The zero-order valence-electron chi connectivity index (χ0n) is 22.0. The van der Waals surface area contributed by atoms with Gasteiger partial charge in [0.05, 0.1) is 23.3 Å². The molecule has 2 aliphatic heterocycles. The lowest BCUT2D eigenvalue weighted by Crippen LogP contribution is -2.42. The average Bonchev–Trinajstić information content (AvgIpc) is 3.33. The number of carbonyl (C=O) groups excluding carboxylic acids is 2. The summed E-state index contributed by atoms with van der Waals surface area (Å²) in [5.74, 6) is -0.862. The van der Waals surface area contributed by atoms with Gasteiger partial charge >= 0.3 is 16.3 Å². The molecule has 3 N–H and O–H groups in total. The quantitative estimate of drug-likeness (QED) is 0.437. The number of aliphatic hydroxyl groups is 1. The van der Waals surface area contributed by atoms with E-state index in [9.17, 15) is 31.5 Å². The monoisotopic (exact) mass is 588 g/mol. The molecule has 0 radical (unpaired) electrons. The largest absolute Gasteiger partial charge is 0.506 e. The first-order chi connectivity index (χ1) is 18.7. The van der Waals surface area contributed by atoms with Crippen molar-refractivity contribution in [3.05, 3.63) is 59.2 Å². The number of amidine groups is 1. The third kappa shape index (κ3) is 4.60. The Morgan fingerprint density at radius 2 is 1.93 bits per heavy atom. The second kappa shape index (κ2) is 9.63. The number of benzene rings is 2. The van der Waals surface area contributed by atoms with Crippen molar-refractivity contribution in [2.75, 3.05) is 23.2 Å². The van der Waals surface area contributed by atoms with Gasteiger partial charge in [-0.3, -0.25) is 9.52 Å². The maximum absolute atomic E-state index is 14.0. The number of fused-ring (bicyclic) bond motifs is 2. The van der Waals surface area contributed by atoms with Crippen LogP contribution >= 0.6 is 0 Å². The molecule has 2 aromatic carbocycles. The van der Waals surface area contributed by atoms with Gasteiger partial charge in [-0.1, -0.05) is 38.1 Å². The van der Waals surface area contributed by atoms with E-state index in [0.29, 0.717) is 27.8 Å². The third-order valence-electron chi connectivity index (χ3n) is 7.18. The zero-order valence-corrected chi connectivity index (χ0v) is 23.6. The van der Waals surface area contributed by atoms with Gasteiger partial charge < -0.3 is 15.2 Å². The van der Waals surface area contributed by atoms with Gasteiger partial charge in [-0.25, -0.2) is 4.79 Å². The molecular formula is C26H28N4O8S2. The van der Waals surface area contributed by atoms with Gasteiger partial charge in [-0.2, -0.15) is 21.1 Å². The number of anilines is 2. The molecule has 0 bridgehead atoms. The zero-order chi connectivity index (χ0) is 29.0. The smallest absolute Gasteiger partial charge is 0.425 e. The molecule has 12 nitrogen and oxygen atoms in total. The van der Waals surface area contributed by atoms with Crippen molar-refractivity contribution in [3.63, 3.8) is 0 Å². The van der Waals surface area contributed by atoms with Crippen molar-refractivity contribution in [1.82, 2.24) is 4.31 Å². The highest BCUT2D eigenvalue weighted by Crippen LogP contribution is 2.44. The number of nitrogens with one attached hydrogen (secondary N) is 2. The summed E-state index contributed by atoms with van der Waals surface area (Å²) in [6.45, 7) is 5.58. The molecule has 212 valence electrons. The lowest BCUT2D eigenvalue weighted by molar-refractivity contribution is -0.120. The Morgan fingerprint density at radius 1 is 1.20 bits per heavy atom. The Morgan fingerprint density at radius 3 is 2.60 bits per heavy atom. The molecule has 3 aliphatic rings. The molecule has 40 heavy (non-hydrogen) atoms. The van der Waals surface area contributed by atoms with Crippen LogP contribution in [0.5, 0.6) is 0 Å². The summed E-state index contributed by atoms with van der Waals surface area (Å²) < 4.78 is 62.9. The number of rotatable bonds is 7. The summed E-state index contributed by atoms with van der Waals surface area (Å²) >= 11 is 0. The van der Waals surface area contributed by atoms with E-state index < -0.39 is 37.5 Å². The summed E-state index contributed by atoms with van der Waals surface area (Å²) in [4.78, 5) is 25.3. The molecule has 0 saturated carbocycles. The van der Waals surface area contributed by atoms with Crippen molar-refractivity contribution in [1.29, 1.82) is 0 Å². The second-order valence-corrected chi connectivity index (χ2v) is 13.6. The van der Waals surface area contributed by atoms with E-state index in [1.807, 2.05) is 13.8 Å². The molecular weight excluding hydrogens is 560 g/mol. The maximum Gasteiger partial charge on any atom is 0.425 e. The number of hydrogen-bond donors (Lipinski definition) is 3. The molecule has 1 amide bonds. The summed E-state index contributed by atoms with van der Waals surface area (Å²) in [6, 6.07) is 10.6. The van der Waals surface area contributed by atoms with Gasteiger partial charge in [0.2, 0.25) is 0 Å². The summed E-state index contributed by atoms with van der Waals surface area (Å²) in [5, 5.41) is 14.0. The number of cyclic esters (lactones) is 1. The van der Waals surface area contributed by atoms with Crippen LogP contribution in [0.25, 0.3) is 5.76 Å². The molecule has 5 rings (SSSR count). The minimum Gasteiger partial charge on any atom is -0.506 e. The molecule has 1 atom stereocenters. The molecule has 1 saturated heterocycles.